The molecule has 1 unspecified atom stereocenters. The van der Waals surface area contributed by atoms with E-state index in [0.29, 0.717) is 44.0 Å². The first-order valence-electron chi connectivity index (χ1n) is 9.37. The van der Waals surface area contributed by atoms with Gasteiger partial charge < -0.3 is 9.64 Å². The Labute approximate surface area is 156 Å². The number of sulfonamides is 1. The first-order valence-corrected chi connectivity index (χ1v) is 10.8. The number of ether oxygens (including phenoxy) is 1. The monoisotopic (exact) mass is 380 g/mol. The van der Waals surface area contributed by atoms with Gasteiger partial charge in [-0.25, -0.2) is 8.42 Å². The molecule has 2 aliphatic heterocycles. The third kappa shape index (κ3) is 3.80. The van der Waals surface area contributed by atoms with Gasteiger partial charge in [0.15, 0.2) is 0 Å². The van der Waals surface area contributed by atoms with E-state index in [1.165, 1.54) is 0 Å². The van der Waals surface area contributed by atoms with E-state index in [9.17, 15) is 13.2 Å². The third-order valence-corrected chi connectivity index (χ3v) is 7.24. The highest BCUT2D eigenvalue weighted by Crippen LogP contribution is 2.29. The van der Waals surface area contributed by atoms with E-state index in [1.807, 2.05) is 17.9 Å². The Morgan fingerprint density at radius 3 is 2.81 bits per heavy atom. The smallest absolute Gasteiger partial charge is 0.243 e. The number of fused-ring (bicyclic) bond motifs is 1. The van der Waals surface area contributed by atoms with Crippen molar-refractivity contribution in [1.29, 1.82) is 0 Å². The summed E-state index contributed by atoms with van der Waals surface area (Å²) in [5.74, 6) is 0.175. The maximum absolute atomic E-state index is 13.1. The molecule has 1 aromatic carbocycles. The van der Waals surface area contributed by atoms with Crippen LogP contribution in [0.1, 0.15) is 43.7 Å². The van der Waals surface area contributed by atoms with Crippen molar-refractivity contribution in [1.82, 2.24) is 9.21 Å². The van der Waals surface area contributed by atoms with E-state index in [2.05, 4.69) is 0 Å². The summed E-state index contributed by atoms with van der Waals surface area (Å²) >= 11 is 0. The quantitative estimate of drug-likeness (QED) is 0.759. The molecule has 144 valence electrons. The van der Waals surface area contributed by atoms with Crippen molar-refractivity contribution in [3.8, 4) is 0 Å². The van der Waals surface area contributed by atoms with Gasteiger partial charge in [0.05, 0.1) is 11.5 Å². The SMILES string of the molecule is CCCC(=O)N1CCc2cc(S(=O)(=O)N3CCCC3COC)ccc2C1. The second kappa shape index (κ2) is 8.06. The van der Waals surface area contributed by atoms with Gasteiger partial charge >= 0.3 is 0 Å². The van der Waals surface area contributed by atoms with Gasteiger partial charge in [-0.15, -0.1) is 0 Å². The second-order valence-electron chi connectivity index (χ2n) is 7.11. The summed E-state index contributed by atoms with van der Waals surface area (Å²) in [6, 6.07) is 5.27. The molecule has 0 aliphatic carbocycles. The Morgan fingerprint density at radius 2 is 2.08 bits per heavy atom. The first-order chi connectivity index (χ1) is 12.5. The van der Waals surface area contributed by atoms with Crippen LogP contribution in [0.5, 0.6) is 0 Å². The molecule has 7 heteroatoms. The fraction of sp³-hybridized carbons (Fsp3) is 0.632. The zero-order valence-corrected chi connectivity index (χ0v) is 16.4. The van der Waals surface area contributed by atoms with Gasteiger partial charge in [-0.05, 0) is 48.9 Å². The van der Waals surface area contributed by atoms with Crippen LogP contribution in [0.25, 0.3) is 0 Å². The van der Waals surface area contributed by atoms with Crippen molar-refractivity contribution in [2.24, 2.45) is 0 Å². The Bertz CT molecular complexity index is 763. The summed E-state index contributed by atoms with van der Waals surface area (Å²) < 4.78 is 32.9. The summed E-state index contributed by atoms with van der Waals surface area (Å²) in [4.78, 5) is 14.3. The molecule has 2 heterocycles. The van der Waals surface area contributed by atoms with Crippen LogP contribution in [0.4, 0.5) is 0 Å². The summed E-state index contributed by atoms with van der Waals surface area (Å²) in [7, 11) is -1.90. The molecular formula is C19H28N2O4S. The average molecular weight is 381 g/mol. The third-order valence-electron chi connectivity index (χ3n) is 5.30. The minimum Gasteiger partial charge on any atom is -0.383 e. The maximum atomic E-state index is 13.1. The highest BCUT2D eigenvalue weighted by molar-refractivity contribution is 7.89. The Hall–Kier alpha value is -1.44. The Kier molecular flexibility index (Phi) is 5.99. The predicted molar refractivity (Wildman–Crippen MR) is 99.3 cm³/mol. The molecular weight excluding hydrogens is 352 g/mol. The minimum absolute atomic E-state index is 0.0804. The summed E-state index contributed by atoms with van der Waals surface area (Å²) in [5.41, 5.74) is 2.09. The van der Waals surface area contributed by atoms with Crippen molar-refractivity contribution in [2.75, 3.05) is 26.8 Å². The number of benzene rings is 1. The fourth-order valence-electron chi connectivity index (χ4n) is 3.89. The molecule has 0 N–H and O–H groups in total. The Morgan fingerprint density at radius 1 is 1.27 bits per heavy atom. The first kappa shape index (κ1) is 19.3. The number of carbonyl (C=O) groups is 1. The average Bonchev–Trinajstić information content (AvgIpc) is 3.10. The standard InChI is InChI=1S/C19H28N2O4S/c1-3-5-19(22)20-11-9-15-12-18(8-7-16(15)13-20)26(23,24)21-10-4-6-17(21)14-25-2/h7-8,12,17H,3-6,9-11,13-14H2,1-2H3. The van der Waals surface area contributed by atoms with Crippen LogP contribution in [0.2, 0.25) is 0 Å². The van der Waals surface area contributed by atoms with Gasteiger partial charge in [0.1, 0.15) is 0 Å². The number of nitrogens with zero attached hydrogens (tertiary/aromatic N) is 2. The van der Waals surface area contributed by atoms with Crippen LogP contribution >= 0.6 is 0 Å². The van der Waals surface area contributed by atoms with E-state index < -0.39 is 10.0 Å². The Balaban J connectivity index is 1.80. The number of amides is 1. The van der Waals surface area contributed by atoms with Gasteiger partial charge in [0.25, 0.3) is 0 Å². The number of methoxy groups -OCH3 is 1. The molecule has 1 aromatic rings. The molecule has 0 saturated carbocycles. The number of hydrogen-bond donors (Lipinski definition) is 0. The highest BCUT2D eigenvalue weighted by Gasteiger charge is 2.35. The molecule has 2 aliphatic rings. The van der Waals surface area contributed by atoms with Crippen LogP contribution in [0.15, 0.2) is 23.1 Å². The van der Waals surface area contributed by atoms with E-state index in [0.717, 1.165) is 30.4 Å². The normalized spacial score (nSPS) is 21.0. The molecule has 3 rings (SSSR count). The highest BCUT2D eigenvalue weighted by atomic mass is 32.2. The molecule has 26 heavy (non-hydrogen) atoms. The van der Waals surface area contributed by atoms with E-state index in [4.69, 9.17) is 4.74 Å². The van der Waals surface area contributed by atoms with Crippen LogP contribution in [-0.2, 0) is 32.5 Å². The number of carbonyl (C=O) groups excluding carboxylic acids is 1. The van der Waals surface area contributed by atoms with Gasteiger partial charge in [-0.1, -0.05) is 13.0 Å². The van der Waals surface area contributed by atoms with Gasteiger partial charge in [-0.3, -0.25) is 4.79 Å². The van der Waals surface area contributed by atoms with Crippen molar-refractivity contribution in [3.05, 3.63) is 29.3 Å². The molecule has 1 saturated heterocycles. The van der Waals surface area contributed by atoms with Crippen LogP contribution in [0.3, 0.4) is 0 Å². The van der Waals surface area contributed by atoms with Crippen LogP contribution in [-0.4, -0.2) is 56.4 Å². The van der Waals surface area contributed by atoms with E-state index >= 15 is 0 Å². The zero-order valence-electron chi connectivity index (χ0n) is 15.6. The lowest BCUT2D eigenvalue weighted by molar-refractivity contribution is -0.132. The summed E-state index contributed by atoms with van der Waals surface area (Å²) in [6.45, 7) is 4.21. The molecule has 0 spiro atoms. The van der Waals surface area contributed by atoms with Crippen molar-refractivity contribution >= 4 is 15.9 Å². The molecule has 1 atom stereocenters. The molecule has 1 amide bonds. The fourth-order valence-corrected chi connectivity index (χ4v) is 5.62. The minimum atomic E-state index is -3.51. The lowest BCUT2D eigenvalue weighted by atomic mass is 9.99. The lowest BCUT2D eigenvalue weighted by Gasteiger charge is -2.30. The van der Waals surface area contributed by atoms with Crippen molar-refractivity contribution in [3.63, 3.8) is 0 Å². The maximum Gasteiger partial charge on any atom is 0.243 e. The number of rotatable bonds is 6. The van der Waals surface area contributed by atoms with Gasteiger partial charge in [-0.2, -0.15) is 4.31 Å². The predicted octanol–water partition coefficient (Wildman–Crippen LogP) is 2.17. The van der Waals surface area contributed by atoms with Gasteiger partial charge in [0, 0.05) is 39.2 Å². The van der Waals surface area contributed by atoms with Crippen molar-refractivity contribution < 1.29 is 17.9 Å². The van der Waals surface area contributed by atoms with Crippen LogP contribution < -0.4 is 0 Å². The molecule has 6 nitrogen and oxygen atoms in total. The topological polar surface area (TPSA) is 66.9 Å². The molecule has 0 aromatic heterocycles. The van der Waals surface area contributed by atoms with E-state index in [-0.39, 0.29) is 11.9 Å². The molecule has 0 bridgehead atoms. The second-order valence-corrected chi connectivity index (χ2v) is 9.00. The zero-order chi connectivity index (χ0) is 18.7. The number of hydrogen-bond acceptors (Lipinski definition) is 4. The summed E-state index contributed by atoms with van der Waals surface area (Å²) in [5, 5.41) is 0. The largest absolute Gasteiger partial charge is 0.383 e. The summed E-state index contributed by atoms with van der Waals surface area (Å²) in [6.07, 6.45) is 3.82. The van der Waals surface area contributed by atoms with Crippen LogP contribution in [0, 0.1) is 0 Å². The van der Waals surface area contributed by atoms with E-state index in [1.54, 1.807) is 23.5 Å². The molecule has 1 fully saturated rings. The molecule has 0 radical (unpaired) electrons. The van der Waals surface area contributed by atoms with Gasteiger partial charge in [0.2, 0.25) is 15.9 Å². The lowest BCUT2D eigenvalue weighted by Crippen LogP contribution is -2.38. The van der Waals surface area contributed by atoms with Crippen molar-refractivity contribution in [2.45, 2.75) is 56.5 Å².